The Morgan fingerprint density at radius 2 is 2.00 bits per heavy atom. The Kier molecular flexibility index (Phi) is 5.64. The van der Waals surface area contributed by atoms with Gasteiger partial charge >= 0.3 is 5.97 Å². The molecule has 0 fully saturated rings. The van der Waals surface area contributed by atoms with Crippen molar-refractivity contribution in [3.05, 3.63) is 33.8 Å². The van der Waals surface area contributed by atoms with E-state index in [1.807, 2.05) is 0 Å². The van der Waals surface area contributed by atoms with Crippen LogP contribution in [0.2, 0.25) is 10.0 Å². The third kappa shape index (κ3) is 4.37. The molecule has 0 N–H and O–H groups in total. The van der Waals surface area contributed by atoms with Crippen molar-refractivity contribution >= 4 is 39.0 Å². The van der Waals surface area contributed by atoms with E-state index in [2.05, 4.69) is 4.74 Å². The monoisotopic (exact) mass is 324 g/mol. The Morgan fingerprint density at radius 1 is 1.37 bits per heavy atom. The van der Waals surface area contributed by atoms with Gasteiger partial charge in [-0.1, -0.05) is 35.3 Å². The lowest BCUT2D eigenvalue weighted by Gasteiger charge is -2.13. The van der Waals surface area contributed by atoms with E-state index >= 15 is 0 Å². The fourth-order valence-electron chi connectivity index (χ4n) is 1.46. The zero-order valence-corrected chi connectivity index (χ0v) is 12.8. The van der Waals surface area contributed by atoms with Crippen molar-refractivity contribution in [3.8, 4) is 0 Å². The van der Waals surface area contributed by atoms with E-state index < -0.39 is 21.1 Å². The number of carbonyl (C=O) groups is 1. The highest BCUT2D eigenvalue weighted by molar-refractivity contribution is 7.91. The van der Waals surface area contributed by atoms with Gasteiger partial charge in [-0.2, -0.15) is 0 Å². The summed E-state index contributed by atoms with van der Waals surface area (Å²) in [5, 5.41) is -0.317. The molecule has 1 rings (SSSR count). The second-order valence-electron chi connectivity index (χ2n) is 4.11. The molecule has 4 nitrogen and oxygen atoms in total. The number of rotatable bonds is 5. The quantitative estimate of drug-likeness (QED) is 0.781. The minimum absolute atomic E-state index is 0.184. The van der Waals surface area contributed by atoms with Crippen LogP contribution >= 0.6 is 23.2 Å². The Bertz CT molecular complexity index is 569. The minimum atomic E-state index is -3.50. The number of halogens is 2. The lowest BCUT2D eigenvalue weighted by atomic mass is 10.2. The molecule has 0 aromatic heterocycles. The summed E-state index contributed by atoms with van der Waals surface area (Å²) in [6.45, 7) is 1.46. The molecule has 1 unspecified atom stereocenters. The summed E-state index contributed by atoms with van der Waals surface area (Å²) < 4.78 is 28.7. The standard InChI is InChI=1S/C12H14Cl2O4S/c1-8(6-11(15)18-2)19(16,17)7-9-4-3-5-10(13)12(9)14/h3-5,8H,6-7H2,1-2H3. The van der Waals surface area contributed by atoms with Crippen LogP contribution in [0.5, 0.6) is 0 Å². The predicted octanol–water partition coefficient (Wildman–Crippen LogP) is 2.86. The highest BCUT2D eigenvalue weighted by Crippen LogP contribution is 2.28. The van der Waals surface area contributed by atoms with E-state index in [-0.39, 0.29) is 17.2 Å². The third-order valence-electron chi connectivity index (χ3n) is 2.68. The van der Waals surface area contributed by atoms with E-state index in [1.54, 1.807) is 18.2 Å². The van der Waals surface area contributed by atoms with Gasteiger partial charge in [0, 0.05) is 0 Å². The number of benzene rings is 1. The van der Waals surface area contributed by atoms with Gasteiger partial charge in [0.25, 0.3) is 0 Å². The fourth-order valence-corrected chi connectivity index (χ4v) is 3.28. The molecule has 0 radical (unpaired) electrons. The smallest absolute Gasteiger partial charge is 0.306 e. The summed E-state index contributed by atoms with van der Waals surface area (Å²) in [4.78, 5) is 11.1. The first-order chi connectivity index (χ1) is 8.77. The number of hydrogen-bond donors (Lipinski definition) is 0. The summed E-state index contributed by atoms with van der Waals surface area (Å²) in [5.74, 6) is -0.821. The van der Waals surface area contributed by atoms with Crippen molar-refractivity contribution in [2.75, 3.05) is 7.11 Å². The van der Waals surface area contributed by atoms with Crippen molar-refractivity contribution in [1.82, 2.24) is 0 Å². The third-order valence-corrected chi connectivity index (χ3v) is 5.65. The van der Waals surface area contributed by atoms with Crippen LogP contribution in [0.3, 0.4) is 0 Å². The maximum absolute atomic E-state index is 12.1. The van der Waals surface area contributed by atoms with Crippen molar-refractivity contribution in [2.45, 2.75) is 24.3 Å². The molecule has 1 atom stereocenters. The molecule has 0 amide bonds. The van der Waals surface area contributed by atoms with Gasteiger partial charge in [-0.05, 0) is 18.6 Å². The average Bonchev–Trinajstić information content (AvgIpc) is 2.34. The van der Waals surface area contributed by atoms with Gasteiger partial charge in [-0.3, -0.25) is 4.79 Å². The van der Waals surface area contributed by atoms with E-state index in [0.717, 1.165) is 0 Å². The molecule has 0 heterocycles. The molecular formula is C12H14Cl2O4S. The van der Waals surface area contributed by atoms with Crippen molar-refractivity contribution in [3.63, 3.8) is 0 Å². The summed E-state index contributed by atoms with van der Waals surface area (Å²) in [6.07, 6.45) is -0.184. The number of ether oxygens (including phenoxy) is 1. The van der Waals surface area contributed by atoms with Crippen LogP contribution < -0.4 is 0 Å². The summed E-state index contributed by atoms with van der Waals surface area (Å²) >= 11 is 11.8. The summed E-state index contributed by atoms with van der Waals surface area (Å²) in [5.41, 5.74) is 0.422. The number of esters is 1. The van der Waals surface area contributed by atoms with Gasteiger partial charge in [-0.15, -0.1) is 0 Å². The highest BCUT2D eigenvalue weighted by atomic mass is 35.5. The van der Waals surface area contributed by atoms with Gasteiger partial charge < -0.3 is 4.74 Å². The van der Waals surface area contributed by atoms with E-state index in [1.165, 1.54) is 14.0 Å². The van der Waals surface area contributed by atoms with Crippen molar-refractivity contribution in [1.29, 1.82) is 0 Å². The van der Waals surface area contributed by atoms with E-state index in [0.29, 0.717) is 10.6 Å². The Morgan fingerprint density at radius 3 is 2.58 bits per heavy atom. The molecule has 0 aliphatic heterocycles. The molecule has 1 aromatic rings. The molecule has 19 heavy (non-hydrogen) atoms. The maximum atomic E-state index is 12.1. The van der Waals surface area contributed by atoms with E-state index in [9.17, 15) is 13.2 Å². The Balaban J connectivity index is 2.90. The van der Waals surface area contributed by atoms with Gasteiger partial charge in [0.2, 0.25) is 0 Å². The van der Waals surface area contributed by atoms with E-state index in [4.69, 9.17) is 23.2 Å². The molecule has 0 aliphatic rings. The Labute approximate surface area is 122 Å². The number of methoxy groups -OCH3 is 1. The molecule has 106 valence electrons. The molecule has 0 saturated heterocycles. The van der Waals surface area contributed by atoms with Crippen LogP contribution in [0.1, 0.15) is 18.9 Å². The van der Waals surface area contributed by atoms with Crippen molar-refractivity contribution < 1.29 is 17.9 Å². The highest BCUT2D eigenvalue weighted by Gasteiger charge is 2.25. The van der Waals surface area contributed by atoms with Crippen molar-refractivity contribution in [2.24, 2.45) is 0 Å². The van der Waals surface area contributed by atoms with Gasteiger partial charge in [0.1, 0.15) is 0 Å². The zero-order chi connectivity index (χ0) is 14.6. The summed E-state index contributed by atoms with van der Waals surface area (Å²) in [6, 6.07) is 4.80. The van der Waals surface area contributed by atoms with Crippen LogP contribution in [-0.2, 0) is 25.1 Å². The van der Waals surface area contributed by atoms with Crippen LogP contribution in [-0.4, -0.2) is 26.7 Å². The normalized spacial score (nSPS) is 13.1. The SMILES string of the molecule is COC(=O)CC(C)S(=O)(=O)Cc1cccc(Cl)c1Cl. The number of carbonyl (C=O) groups excluding carboxylic acids is 1. The molecule has 0 saturated carbocycles. The first-order valence-corrected chi connectivity index (χ1v) is 7.96. The molecular weight excluding hydrogens is 311 g/mol. The summed E-state index contributed by atoms with van der Waals surface area (Å²) in [7, 11) is -2.28. The maximum Gasteiger partial charge on any atom is 0.306 e. The second-order valence-corrected chi connectivity index (χ2v) is 7.32. The van der Waals surface area contributed by atoms with Crippen LogP contribution in [0.4, 0.5) is 0 Å². The predicted molar refractivity (Wildman–Crippen MR) is 75.2 cm³/mol. The first-order valence-electron chi connectivity index (χ1n) is 5.49. The van der Waals surface area contributed by atoms with Gasteiger partial charge in [0.05, 0.1) is 34.6 Å². The lowest BCUT2D eigenvalue weighted by Crippen LogP contribution is -2.23. The second kappa shape index (κ2) is 6.59. The zero-order valence-electron chi connectivity index (χ0n) is 10.5. The van der Waals surface area contributed by atoms with Crippen LogP contribution in [0, 0.1) is 0 Å². The van der Waals surface area contributed by atoms with Crippen LogP contribution in [0.25, 0.3) is 0 Å². The molecule has 0 aliphatic carbocycles. The first kappa shape index (κ1) is 16.3. The van der Waals surface area contributed by atoms with Gasteiger partial charge in [0.15, 0.2) is 9.84 Å². The largest absolute Gasteiger partial charge is 0.469 e. The molecule has 1 aromatic carbocycles. The topological polar surface area (TPSA) is 60.4 Å². The molecule has 0 bridgehead atoms. The average molecular weight is 325 g/mol. The number of hydrogen-bond acceptors (Lipinski definition) is 4. The number of sulfone groups is 1. The molecule has 7 heteroatoms. The molecule has 0 spiro atoms. The Hall–Kier alpha value is -0.780. The fraction of sp³-hybridized carbons (Fsp3) is 0.417. The minimum Gasteiger partial charge on any atom is -0.469 e. The van der Waals surface area contributed by atoms with Gasteiger partial charge in [-0.25, -0.2) is 8.42 Å². The van der Waals surface area contributed by atoms with Crippen LogP contribution in [0.15, 0.2) is 18.2 Å². The lowest BCUT2D eigenvalue weighted by molar-refractivity contribution is -0.140.